The normalized spacial score (nSPS) is 11.7. The number of rotatable bonds is 6. The first kappa shape index (κ1) is 35.8. The van der Waals surface area contributed by atoms with Crippen LogP contribution in [-0.4, -0.2) is 19.1 Å². The number of hydrogen-bond donors (Lipinski definition) is 0. The van der Waals surface area contributed by atoms with E-state index in [0.717, 1.165) is 56.0 Å². The zero-order valence-electron chi connectivity index (χ0n) is 34.4. The van der Waals surface area contributed by atoms with E-state index in [1.54, 1.807) is 0 Å². The summed E-state index contributed by atoms with van der Waals surface area (Å²) < 4.78 is 4.44. The molecule has 2 aromatic heterocycles. The lowest BCUT2D eigenvalue weighted by Crippen LogP contribution is -1.93. The van der Waals surface area contributed by atoms with E-state index in [2.05, 4.69) is 217 Å². The van der Waals surface area contributed by atoms with Crippen LogP contribution in [-0.2, 0) is 14.1 Å². The molecule has 0 aliphatic rings. The number of fused-ring (bicyclic) bond motifs is 5. The third kappa shape index (κ3) is 5.76. The Morgan fingerprint density at radius 2 is 0.758 bits per heavy atom. The highest BCUT2D eigenvalue weighted by Gasteiger charge is 2.19. The van der Waals surface area contributed by atoms with Gasteiger partial charge in [-0.05, 0) is 113 Å². The molecule has 0 spiro atoms. The van der Waals surface area contributed by atoms with E-state index in [4.69, 9.17) is 9.97 Å². The smallest absolute Gasteiger partial charge is 0.140 e. The lowest BCUT2D eigenvalue weighted by Gasteiger charge is -2.18. The maximum Gasteiger partial charge on any atom is 0.140 e. The summed E-state index contributed by atoms with van der Waals surface area (Å²) in [5, 5.41) is 7.30. The molecule has 0 aliphatic heterocycles. The number of benzene rings is 10. The van der Waals surface area contributed by atoms with Crippen molar-refractivity contribution < 1.29 is 0 Å². The van der Waals surface area contributed by atoms with Crippen LogP contribution >= 0.6 is 0 Å². The minimum Gasteiger partial charge on any atom is -0.327 e. The Balaban J connectivity index is 1.12. The van der Waals surface area contributed by atoms with Crippen LogP contribution in [0.25, 0.3) is 122 Å². The minimum atomic E-state index is 0.959. The average Bonchev–Trinajstić information content (AvgIpc) is 3.85. The van der Waals surface area contributed by atoms with Crippen molar-refractivity contribution in [2.24, 2.45) is 14.1 Å². The van der Waals surface area contributed by atoms with Gasteiger partial charge >= 0.3 is 0 Å². The van der Waals surface area contributed by atoms with E-state index in [1.165, 1.54) is 65.7 Å². The quantitative estimate of drug-likeness (QED) is 0.157. The van der Waals surface area contributed by atoms with Crippen molar-refractivity contribution in [3.63, 3.8) is 0 Å². The summed E-state index contributed by atoms with van der Waals surface area (Å²) in [6.07, 6.45) is 0. The highest BCUT2D eigenvalue weighted by atomic mass is 15.1. The van der Waals surface area contributed by atoms with Gasteiger partial charge in [-0.2, -0.15) is 0 Å². The number of aromatic nitrogens is 4. The molecular weight excluding hydrogens is 753 g/mol. The molecule has 0 fully saturated rings. The minimum absolute atomic E-state index is 0.959. The summed E-state index contributed by atoms with van der Waals surface area (Å²) in [7, 11) is 4.24. The Hall–Kier alpha value is -8.08. The molecule has 0 unspecified atom stereocenters. The van der Waals surface area contributed by atoms with Crippen molar-refractivity contribution in [1.82, 2.24) is 19.1 Å². The van der Waals surface area contributed by atoms with Crippen LogP contribution in [0.5, 0.6) is 0 Å². The molecule has 10 aromatic carbocycles. The third-order valence-electron chi connectivity index (χ3n) is 12.7. The van der Waals surface area contributed by atoms with Crippen LogP contribution in [0, 0.1) is 0 Å². The molecule has 12 aromatic rings. The van der Waals surface area contributed by atoms with Crippen molar-refractivity contribution in [3.05, 3.63) is 206 Å². The van der Waals surface area contributed by atoms with Crippen LogP contribution in [0.4, 0.5) is 0 Å². The molecule has 2 heterocycles. The van der Waals surface area contributed by atoms with Gasteiger partial charge in [0.25, 0.3) is 0 Å². The van der Waals surface area contributed by atoms with E-state index in [-0.39, 0.29) is 0 Å². The Kier molecular flexibility index (Phi) is 8.26. The van der Waals surface area contributed by atoms with Gasteiger partial charge in [0.2, 0.25) is 0 Å². The fourth-order valence-corrected chi connectivity index (χ4v) is 9.68. The molecule has 0 bridgehead atoms. The summed E-state index contributed by atoms with van der Waals surface area (Å²) in [6, 6.07) is 74.7. The molecule has 0 saturated carbocycles. The van der Waals surface area contributed by atoms with Crippen molar-refractivity contribution in [1.29, 1.82) is 0 Å². The zero-order valence-corrected chi connectivity index (χ0v) is 34.4. The molecule has 12 rings (SSSR count). The van der Waals surface area contributed by atoms with Gasteiger partial charge in [0, 0.05) is 25.2 Å². The van der Waals surface area contributed by atoms with Gasteiger partial charge in [0.1, 0.15) is 11.6 Å². The van der Waals surface area contributed by atoms with Crippen LogP contribution in [0.2, 0.25) is 0 Å². The molecule has 0 aliphatic carbocycles. The van der Waals surface area contributed by atoms with E-state index in [0.29, 0.717) is 0 Å². The zero-order chi connectivity index (χ0) is 41.3. The first-order chi connectivity index (χ1) is 30.6. The first-order valence-corrected chi connectivity index (χ1v) is 21.2. The van der Waals surface area contributed by atoms with Gasteiger partial charge in [0.05, 0.1) is 22.1 Å². The van der Waals surface area contributed by atoms with Crippen molar-refractivity contribution >= 4 is 54.4 Å². The van der Waals surface area contributed by atoms with E-state index >= 15 is 0 Å². The van der Waals surface area contributed by atoms with Gasteiger partial charge in [-0.1, -0.05) is 170 Å². The van der Waals surface area contributed by atoms with Crippen molar-refractivity contribution in [2.45, 2.75) is 0 Å². The van der Waals surface area contributed by atoms with E-state index in [9.17, 15) is 0 Å². The summed E-state index contributed by atoms with van der Waals surface area (Å²) in [5.41, 5.74) is 15.9. The second-order valence-electron chi connectivity index (χ2n) is 16.3. The highest BCUT2D eigenvalue weighted by molar-refractivity contribution is 6.20. The summed E-state index contributed by atoms with van der Waals surface area (Å²) in [6.45, 7) is 0. The molecular formula is C58H40N4. The van der Waals surface area contributed by atoms with Gasteiger partial charge < -0.3 is 9.13 Å². The van der Waals surface area contributed by atoms with E-state index in [1.807, 2.05) is 12.1 Å². The molecule has 0 N–H and O–H groups in total. The lowest BCUT2D eigenvalue weighted by atomic mass is 9.85. The summed E-state index contributed by atoms with van der Waals surface area (Å²) >= 11 is 0. The Morgan fingerprint density at radius 3 is 1.27 bits per heavy atom. The summed E-state index contributed by atoms with van der Waals surface area (Å²) in [4.78, 5) is 10.2. The predicted octanol–water partition coefficient (Wildman–Crippen LogP) is 14.9. The molecule has 0 atom stereocenters. The molecule has 4 heteroatoms. The number of aryl methyl sites for hydroxylation is 2. The van der Waals surface area contributed by atoms with Gasteiger partial charge in [-0.25, -0.2) is 9.97 Å². The molecule has 0 saturated heterocycles. The molecule has 62 heavy (non-hydrogen) atoms. The third-order valence-corrected chi connectivity index (χ3v) is 12.7. The van der Waals surface area contributed by atoms with Crippen LogP contribution in [0.3, 0.4) is 0 Å². The predicted molar refractivity (Wildman–Crippen MR) is 260 cm³/mol. The van der Waals surface area contributed by atoms with Crippen LogP contribution in [0.15, 0.2) is 206 Å². The van der Waals surface area contributed by atoms with Gasteiger partial charge in [0.15, 0.2) is 0 Å². The average molecular weight is 793 g/mol. The second-order valence-corrected chi connectivity index (χ2v) is 16.3. The number of imidazole rings is 2. The first-order valence-electron chi connectivity index (χ1n) is 21.2. The van der Waals surface area contributed by atoms with Crippen LogP contribution in [0.1, 0.15) is 0 Å². The maximum absolute atomic E-state index is 5.08. The Bertz CT molecular complexity index is 3510. The molecule has 0 radical (unpaired) electrons. The van der Waals surface area contributed by atoms with Gasteiger partial charge in [-0.3, -0.25) is 0 Å². The summed E-state index contributed by atoms with van der Waals surface area (Å²) in [5.74, 6) is 1.92. The molecule has 0 amide bonds. The van der Waals surface area contributed by atoms with Crippen molar-refractivity contribution in [2.75, 3.05) is 0 Å². The number of nitrogens with zero attached hydrogens (tertiary/aromatic N) is 4. The monoisotopic (exact) mass is 792 g/mol. The topological polar surface area (TPSA) is 35.6 Å². The maximum atomic E-state index is 5.08. The second kappa shape index (κ2) is 14.3. The molecule has 292 valence electrons. The Morgan fingerprint density at radius 1 is 0.306 bits per heavy atom. The Labute approximate surface area is 359 Å². The lowest BCUT2D eigenvalue weighted by molar-refractivity contribution is 0.959. The SMILES string of the molecule is Cn1c(-c2ccccc2)nc2ccc(-c3cccc4c(-c5ccc6cccc(-c7ccccc7)c6c5)c5cccc(-c6ccc7nc(-c8ccccc8)n(C)c7c6)c5cc34)cc21. The highest BCUT2D eigenvalue weighted by Crippen LogP contribution is 2.45. The largest absolute Gasteiger partial charge is 0.327 e. The van der Waals surface area contributed by atoms with Crippen molar-refractivity contribution in [3.8, 4) is 67.3 Å². The standard InChI is InChI=1S/C58H40N4/c1-61-54-34-41(29-31-52(54)59-57(61)39-17-8-4-9-18-39)45-23-13-25-47-50(45)36-51-46(42-30-32-53-55(35-42)62(2)58(60-53)40-19-10-5-11-20-40)24-14-26-48(51)56(47)43-28-27-38-21-12-22-44(49(38)33-43)37-15-6-3-7-16-37/h3-36H,1-2H3. The van der Waals surface area contributed by atoms with E-state index < -0.39 is 0 Å². The number of hydrogen-bond acceptors (Lipinski definition) is 2. The van der Waals surface area contributed by atoms with Crippen LogP contribution < -0.4 is 0 Å². The molecule has 4 nitrogen and oxygen atoms in total. The fraction of sp³-hybridized carbons (Fsp3) is 0.0345. The van der Waals surface area contributed by atoms with Gasteiger partial charge in [-0.15, -0.1) is 0 Å². The fourth-order valence-electron chi connectivity index (χ4n) is 9.68.